The number of H-pyrrole nitrogens is 1. The van der Waals surface area contributed by atoms with Gasteiger partial charge in [-0.05, 0) is 42.0 Å². The van der Waals surface area contributed by atoms with Crippen molar-refractivity contribution >= 4 is 46.6 Å². The predicted octanol–water partition coefficient (Wildman–Crippen LogP) is 3.94. The number of imidazole rings is 1. The van der Waals surface area contributed by atoms with Gasteiger partial charge in [-0.2, -0.15) is 5.10 Å². The van der Waals surface area contributed by atoms with Crippen molar-refractivity contribution in [1.29, 1.82) is 0 Å². The Morgan fingerprint density at radius 1 is 1.14 bits per heavy atom. The number of carbonyl (C=O) groups excluding carboxylic acids is 2. The second kappa shape index (κ2) is 11.1. The number of hydrazone groups is 1. The van der Waals surface area contributed by atoms with E-state index in [1.165, 1.54) is 49.4 Å². The number of aromatic amines is 1. The first-order valence-corrected chi connectivity index (χ1v) is 11.5. The molecule has 0 aliphatic carbocycles. The number of nitrogens with one attached hydrogen (secondary N) is 2. The molecule has 11 nitrogen and oxygen atoms in total. The number of fused-ring (bicyclic) bond motifs is 1. The van der Waals surface area contributed by atoms with E-state index in [-0.39, 0.29) is 34.4 Å². The Kier molecular flexibility index (Phi) is 7.56. The van der Waals surface area contributed by atoms with Gasteiger partial charge in [0.25, 0.3) is 11.6 Å². The third kappa shape index (κ3) is 6.04. The number of esters is 1. The van der Waals surface area contributed by atoms with Crippen LogP contribution in [0, 0.1) is 10.1 Å². The topological polar surface area (TPSA) is 149 Å². The molecule has 0 radical (unpaired) electrons. The van der Waals surface area contributed by atoms with Gasteiger partial charge in [-0.1, -0.05) is 30.0 Å². The number of aromatic nitrogens is 2. The molecule has 0 spiro atoms. The van der Waals surface area contributed by atoms with Crippen LogP contribution in [0.4, 0.5) is 5.69 Å². The van der Waals surface area contributed by atoms with Crippen molar-refractivity contribution in [3.63, 3.8) is 0 Å². The summed E-state index contributed by atoms with van der Waals surface area (Å²) in [6.07, 6.45) is 1.42. The normalized spacial score (nSPS) is 10.9. The third-order valence-corrected chi connectivity index (χ3v) is 5.67. The number of methoxy groups -OCH3 is 1. The molecule has 12 heteroatoms. The number of thioether (sulfide) groups is 1. The molecule has 0 bridgehead atoms. The van der Waals surface area contributed by atoms with Gasteiger partial charge < -0.3 is 14.5 Å². The average Bonchev–Trinajstić information content (AvgIpc) is 3.31. The van der Waals surface area contributed by atoms with Crippen LogP contribution in [0.1, 0.15) is 15.9 Å². The number of para-hydroxylation sites is 2. The van der Waals surface area contributed by atoms with Crippen LogP contribution in [0.3, 0.4) is 0 Å². The number of hydrogen-bond donors (Lipinski definition) is 2. The van der Waals surface area contributed by atoms with Crippen molar-refractivity contribution in [2.75, 3.05) is 12.9 Å². The van der Waals surface area contributed by atoms with E-state index in [2.05, 4.69) is 20.5 Å². The van der Waals surface area contributed by atoms with Crippen LogP contribution < -0.4 is 14.9 Å². The summed E-state index contributed by atoms with van der Waals surface area (Å²) < 4.78 is 10.6. The Bertz CT molecular complexity index is 1440. The number of hydrogen-bond acceptors (Lipinski definition) is 9. The number of nitrogens with zero attached hydrogens (tertiary/aromatic N) is 3. The molecule has 0 saturated heterocycles. The molecule has 0 fully saturated rings. The van der Waals surface area contributed by atoms with Crippen LogP contribution >= 0.6 is 11.8 Å². The van der Waals surface area contributed by atoms with Crippen molar-refractivity contribution in [3.8, 4) is 11.5 Å². The minimum absolute atomic E-state index is 0.0279. The Morgan fingerprint density at radius 2 is 1.97 bits per heavy atom. The average molecular weight is 506 g/mol. The first-order valence-electron chi connectivity index (χ1n) is 10.5. The zero-order valence-electron chi connectivity index (χ0n) is 18.8. The van der Waals surface area contributed by atoms with E-state index < -0.39 is 10.9 Å². The highest BCUT2D eigenvalue weighted by atomic mass is 32.2. The molecule has 1 aromatic heterocycles. The summed E-state index contributed by atoms with van der Waals surface area (Å²) in [5.74, 6) is -0.603. The number of carbonyl (C=O) groups is 2. The Balaban J connectivity index is 1.33. The number of rotatable bonds is 9. The highest BCUT2D eigenvalue weighted by molar-refractivity contribution is 7.99. The van der Waals surface area contributed by atoms with Gasteiger partial charge in [0.2, 0.25) is 0 Å². The molecule has 0 unspecified atom stereocenters. The fourth-order valence-corrected chi connectivity index (χ4v) is 3.77. The van der Waals surface area contributed by atoms with E-state index >= 15 is 0 Å². The van der Waals surface area contributed by atoms with Gasteiger partial charge in [-0.25, -0.2) is 15.2 Å². The predicted molar refractivity (Wildman–Crippen MR) is 134 cm³/mol. The van der Waals surface area contributed by atoms with E-state index in [0.717, 1.165) is 17.1 Å². The van der Waals surface area contributed by atoms with E-state index in [1.54, 1.807) is 12.1 Å². The van der Waals surface area contributed by atoms with Crippen LogP contribution in [0.15, 0.2) is 77.0 Å². The second-order valence-electron chi connectivity index (χ2n) is 7.25. The van der Waals surface area contributed by atoms with E-state index in [9.17, 15) is 19.7 Å². The number of non-ortho nitro benzene ring substituents is 1. The monoisotopic (exact) mass is 505 g/mol. The first kappa shape index (κ1) is 24.4. The van der Waals surface area contributed by atoms with Crippen molar-refractivity contribution in [2.24, 2.45) is 5.10 Å². The molecule has 182 valence electrons. The smallest absolute Gasteiger partial charge is 0.343 e. The number of amides is 1. The highest BCUT2D eigenvalue weighted by Gasteiger charge is 2.16. The van der Waals surface area contributed by atoms with Crippen molar-refractivity contribution < 1.29 is 24.0 Å². The molecule has 36 heavy (non-hydrogen) atoms. The van der Waals surface area contributed by atoms with Gasteiger partial charge in [-0.3, -0.25) is 14.9 Å². The third-order valence-electron chi connectivity index (χ3n) is 4.79. The Morgan fingerprint density at radius 3 is 2.75 bits per heavy atom. The lowest BCUT2D eigenvalue weighted by Gasteiger charge is -2.10. The molecule has 4 rings (SSSR count). The van der Waals surface area contributed by atoms with Crippen molar-refractivity contribution in [2.45, 2.75) is 5.16 Å². The molecule has 4 aromatic rings. The lowest BCUT2D eigenvalue weighted by molar-refractivity contribution is -0.384. The minimum Gasteiger partial charge on any atom is -0.493 e. The lowest BCUT2D eigenvalue weighted by atomic mass is 10.2. The summed E-state index contributed by atoms with van der Waals surface area (Å²) in [6, 6.07) is 17.5. The van der Waals surface area contributed by atoms with Crippen molar-refractivity contribution in [1.82, 2.24) is 15.4 Å². The zero-order valence-corrected chi connectivity index (χ0v) is 19.7. The molecular weight excluding hydrogens is 486 g/mol. The molecule has 0 aliphatic heterocycles. The van der Waals surface area contributed by atoms with Crippen molar-refractivity contribution in [3.05, 3.63) is 88.0 Å². The molecule has 1 heterocycles. The van der Waals surface area contributed by atoms with Gasteiger partial charge in [0, 0.05) is 12.1 Å². The van der Waals surface area contributed by atoms with Gasteiger partial charge in [0.05, 0.1) is 40.6 Å². The molecule has 1 amide bonds. The zero-order chi connectivity index (χ0) is 25.5. The number of benzene rings is 3. The largest absolute Gasteiger partial charge is 0.493 e. The Hall–Kier alpha value is -4.71. The summed E-state index contributed by atoms with van der Waals surface area (Å²) in [5, 5.41) is 15.5. The summed E-state index contributed by atoms with van der Waals surface area (Å²) in [7, 11) is 1.40. The summed E-state index contributed by atoms with van der Waals surface area (Å²) in [6.45, 7) is 0. The number of nitro benzene ring substituents is 1. The van der Waals surface area contributed by atoms with Crippen LogP contribution in [0.2, 0.25) is 0 Å². The standard InChI is InChI=1S/C24H19N5O6S/c1-34-21-11-15(9-10-20(21)35-23(31)16-5-4-6-17(12-16)29(32)33)13-25-28-22(30)14-36-24-26-18-7-2-3-8-19(18)27-24/h2-13H,14H2,1H3,(H,26,27)(H,28,30)/b25-13+. The molecule has 0 atom stereocenters. The van der Waals surface area contributed by atoms with Crippen LogP contribution in [0.5, 0.6) is 11.5 Å². The number of ether oxygens (including phenoxy) is 2. The lowest BCUT2D eigenvalue weighted by Crippen LogP contribution is -2.19. The van der Waals surface area contributed by atoms with Gasteiger partial charge >= 0.3 is 5.97 Å². The van der Waals surface area contributed by atoms with Gasteiger partial charge in [-0.15, -0.1) is 0 Å². The maximum absolute atomic E-state index is 12.4. The molecule has 0 aliphatic rings. The molecule has 2 N–H and O–H groups in total. The quantitative estimate of drug-likeness (QED) is 0.0867. The summed E-state index contributed by atoms with van der Waals surface area (Å²) in [4.78, 5) is 42.4. The molecule has 3 aromatic carbocycles. The van der Waals surface area contributed by atoms with Crippen LogP contribution in [-0.2, 0) is 4.79 Å². The maximum Gasteiger partial charge on any atom is 0.343 e. The molecular formula is C24H19N5O6S. The Labute approximate surface area is 208 Å². The second-order valence-corrected chi connectivity index (χ2v) is 8.21. The van der Waals surface area contributed by atoms with E-state index in [0.29, 0.717) is 10.7 Å². The fourth-order valence-electron chi connectivity index (χ4n) is 3.10. The van der Waals surface area contributed by atoms with Gasteiger partial charge in [0.15, 0.2) is 16.7 Å². The SMILES string of the molecule is COc1cc(/C=N/NC(=O)CSc2nc3ccccc3[nH]2)ccc1OC(=O)c1cccc([N+](=O)[O-])c1. The van der Waals surface area contributed by atoms with Gasteiger partial charge in [0.1, 0.15) is 0 Å². The van der Waals surface area contributed by atoms with Crippen LogP contribution in [0.25, 0.3) is 11.0 Å². The first-order chi connectivity index (χ1) is 17.4. The van der Waals surface area contributed by atoms with Crippen LogP contribution in [-0.4, -0.2) is 45.8 Å². The minimum atomic E-state index is -0.771. The molecule has 0 saturated carbocycles. The summed E-state index contributed by atoms with van der Waals surface area (Å²) >= 11 is 1.26. The van der Waals surface area contributed by atoms with E-state index in [4.69, 9.17) is 9.47 Å². The van der Waals surface area contributed by atoms with E-state index in [1.807, 2.05) is 24.3 Å². The number of nitro groups is 1. The highest BCUT2D eigenvalue weighted by Crippen LogP contribution is 2.29. The summed E-state index contributed by atoms with van der Waals surface area (Å²) in [5.41, 5.74) is 4.55. The maximum atomic E-state index is 12.4. The fraction of sp³-hybridized carbons (Fsp3) is 0.0833.